The van der Waals surface area contributed by atoms with Gasteiger partial charge in [-0.05, 0) is 48.2 Å². The van der Waals surface area contributed by atoms with Crippen molar-refractivity contribution in [2.75, 3.05) is 36.9 Å². The number of piperazine rings is 1. The number of carbonyl (C=O) groups is 2. The van der Waals surface area contributed by atoms with E-state index in [1.165, 1.54) is 0 Å². The van der Waals surface area contributed by atoms with Gasteiger partial charge in [-0.3, -0.25) is 9.59 Å². The van der Waals surface area contributed by atoms with Crippen molar-refractivity contribution >= 4 is 23.3 Å². The van der Waals surface area contributed by atoms with E-state index in [0.29, 0.717) is 24.5 Å². The molecule has 190 valence electrons. The van der Waals surface area contributed by atoms with Crippen LogP contribution in [0.1, 0.15) is 42.5 Å². The first-order valence-electron chi connectivity index (χ1n) is 12.4. The largest absolute Gasteiger partial charge is 0.357 e. The lowest BCUT2D eigenvalue weighted by Crippen LogP contribution is -2.54. The molecule has 2 N–H and O–H groups in total. The van der Waals surface area contributed by atoms with Crippen molar-refractivity contribution in [3.05, 3.63) is 89.6 Å². The summed E-state index contributed by atoms with van der Waals surface area (Å²) in [5.41, 5.74) is 3.42. The topological polar surface area (TPSA) is 101 Å². The predicted octanol–water partition coefficient (Wildman–Crippen LogP) is 3.69. The standard InChI is InChI=1S/C29H32N6O2/c1-20(23-11-9-22(17-30)10-12-23)18-32-27(24-7-5-4-6-8-24)28(36)33-26-14-13-25(19-31-26)35-16-15-34(3)29(37)21(35)2/h4-14,19-21,27,32H,15-16,18H2,1-3H3,(H,31,33,36). The van der Waals surface area contributed by atoms with E-state index in [1.54, 1.807) is 29.3 Å². The molecule has 8 nitrogen and oxygen atoms in total. The number of nitriles is 1. The maximum atomic E-state index is 13.4. The van der Waals surface area contributed by atoms with Crippen LogP contribution in [0.2, 0.25) is 0 Å². The molecule has 1 aliphatic heterocycles. The fraction of sp³-hybridized carbons (Fsp3) is 0.310. The number of amides is 2. The maximum Gasteiger partial charge on any atom is 0.247 e. The lowest BCUT2D eigenvalue weighted by atomic mass is 9.98. The predicted molar refractivity (Wildman–Crippen MR) is 144 cm³/mol. The van der Waals surface area contributed by atoms with Crippen LogP contribution in [0.3, 0.4) is 0 Å². The van der Waals surface area contributed by atoms with Crippen LogP contribution < -0.4 is 15.5 Å². The molecule has 0 bridgehead atoms. The number of aromatic nitrogens is 1. The molecule has 1 aromatic heterocycles. The van der Waals surface area contributed by atoms with Gasteiger partial charge in [0.2, 0.25) is 11.8 Å². The van der Waals surface area contributed by atoms with Crippen molar-refractivity contribution in [1.29, 1.82) is 5.26 Å². The number of pyridine rings is 1. The monoisotopic (exact) mass is 496 g/mol. The van der Waals surface area contributed by atoms with Crippen LogP contribution in [0.4, 0.5) is 11.5 Å². The normalized spacial score (nSPS) is 17.1. The average molecular weight is 497 g/mol. The van der Waals surface area contributed by atoms with E-state index in [-0.39, 0.29) is 23.8 Å². The van der Waals surface area contributed by atoms with E-state index >= 15 is 0 Å². The van der Waals surface area contributed by atoms with Gasteiger partial charge < -0.3 is 20.4 Å². The molecule has 1 saturated heterocycles. The van der Waals surface area contributed by atoms with E-state index < -0.39 is 6.04 Å². The summed E-state index contributed by atoms with van der Waals surface area (Å²) in [7, 11) is 1.81. The second kappa shape index (κ2) is 11.7. The molecule has 3 unspecified atom stereocenters. The molecule has 2 amide bonds. The van der Waals surface area contributed by atoms with Crippen LogP contribution in [-0.4, -0.2) is 54.4 Å². The van der Waals surface area contributed by atoms with Gasteiger partial charge in [0, 0.05) is 26.7 Å². The molecule has 2 heterocycles. The Morgan fingerprint density at radius 3 is 2.46 bits per heavy atom. The molecule has 0 aliphatic carbocycles. The number of hydrogen-bond donors (Lipinski definition) is 2. The Labute approximate surface area is 217 Å². The molecule has 0 radical (unpaired) electrons. The van der Waals surface area contributed by atoms with Crippen LogP contribution >= 0.6 is 0 Å². The maximum absolute atomic E-state index is 13.4. The highest BCUT2D eigenvalue weighted by Crippen LogP contribution is 2.23. The van der Waals surface area contributed by atoms with Gasteiger partial charge >= 0.3 is 0 Å². The van der Waals surface area contributed by atoms with Crippen LogP contribution in [0.5, 0.6) is 0 Å². The number of benzene rings is 2. The Hall–Kier alpha value is -4.22. The first kappa shape index (κ1) is 25.9. The van der Waals surface area contributed by atoms with Gasteiger partial charge in [-0.15, -0.1) is 0 Å². The number of nitrogens with zero attached hydrogens (tertiary/aromatic N) is 4. The molecule has 3 aromatic rings. The van der Waals surface area contributed by atoms with Gasteiger partial charge in [0.1, 0.15) is 17.9 Å². The minimum Gasteiger partial charge on any atom is -0.357 e. The van der Waals surface area contributed by atoms with Gasteiger partial charge in [-0.1, -0.05) is 49.4 Å². The third-order valence-corrected chi connectivity index (χ3v) is 6.84. The zero-order valence-corrected chi connectivity index (χ0v) is 21.4. The smallest absolute Gasteiger partial charge is 0.247 e. The van der Waals surface area contributed by atoms with Gasteiger partial charge in [-0.2, -0.15) is 5.26 Å². The number of likely N-dealkylation sites (N-methyl/N-ethyl adjacent to an activating group) is 1. The Kier molecular flexibility index (Phi) is 8.16. The van der Waals surface area contributed by atoms with Crippen molar-refractivity contribution in [1.82, 2.24) is 15.2 Å². The van der Waals surface area contributed by atoms with E-state index in [4.69, 9.17) is 5.26 Å². The van der Waals surface area contributed by atoms with E-state index in [1.807, 2.05) is 67.4 Å². The summed E-state index contributed by atoms with van der Waals surface area (Å²) < 4.78 is 0. The van der Waals surface area contributed by atoms with Crippen molar-refractivity contribution < 1.29 is 9.59 Å². The first-order valence-corrected chi connectivity index (χ1v) is 12.4. The van der Waals surface area contributed by atoms with Gasteiger partial charge in [0.15, 0.2) is 0 Å². The molecule has 2 aromatic carbocycles. The van der Waals surface area contributed by atoms with Crippen LogP contribution in [0.25, 0.3) is 0 Å². The average Bonchev–Trinajstić information content (AvgIpc) is 2.93. The van der Waals surface area contributed by atoms with E-state index in [9.17, 15) is 9.59 Å². The molecule has 3 atom stereocenters. The second-order valence-electron chi connectivity index (χ2n) is 9.41. The highest BCUT2D eigenvalue weighted by Gasteiger charge is 2.29. The third kappa shape index (κ3) is 6.13. The fourth-order valence-corrected chi connectivity index (χ4v) is 4.50. The first-order chi connectivity index (χ1) is 17.9. The van der Waals surface area contributed by atoms with Crippen molar-refractivity contribution in [2.24, 2.45) is 0 Å². The molecule has 1 fully saturated rings. The van der Waals surface area contributed by atoms with Crippen molar-refractivity contribution in [3.8, 4) is 6.07 Å². The number of nitrogens with one attached hydrogen (secondary N) is 2. The summed E-state index contributed by atoms with van der Waals surface area (Å²) in [6, 6.07) is 22.1. The minimum atomic E-state index is -0.571. The van der Waals surface area contributed by atoms with Gasteiger partial charge in [-0.25, -0.2) is 4.98 Å². The van der Waals surface area contributed by atoms with E-state index in [0.717, 1.165) is 23.4 Å². The number of carbonyl (C=O) groups excluding carboxylic acids is 2. The lowest BCUT2D eigenvalue weighted by molar-refractivity contribution is -0.132. The Balaban J connectivity index is 1.44. The number of rotatable bonds is 8. The quantitative estimate of drug-likeness (QED) is 0.493. The van der Waals surface area contributed by atoms with Gasteiger partial charge in [0.25, 0.3) is 0 Å². The molecule has 8 heteroatoms. The SMILES string of the molecule is CC(CNC(C(=O)Nc1ccc(N2CCN(C)C(=O)C2C)cn1)c1ccccc1)c1ccc(C#N)cc1. The minimum absolute atomic E-state index is 0.0793. The highest BCUT2D eigenvalue weighted by atomic mass is 16.2. The zero-order valence-electron chi connectivity index (χ0n) is 21.4. The number of anilines is 2. The molecule has 0 spiro atoms. The summed E-state index contributed by atoms with van der Waals surface area (Å²) >= 11 is 0. The lowest BCUT2D eigenvalue weighted by Gasteiger charge is -2.38. The van der Waals surface area contributed by atoms with Crippen molar-refractivity contribution in [2.45, 2.75) is 31.8 Å². The summed E-state index contributed by atoms with van der Waals surface area (Å²) in [5, 5.41) is 15.4. The molecular formula is C29H32N6O2. The Bertz CT molecular complexity index is 1250. The molecular weight excluding hydrogens is 464 g/mol. The molecule has 0 saturated carbocycles. The van der Waals surface area contributed by atoms with Crippen molar-refractivity contribution in [3.63, 3.8) is 0 Å². The van der Waals surface area contributed by atoms with E-state index in [2.05, 4.69) is 28.6 Å². The third-order valence-electron chi connectivity index (χ3n) is 6.84. The molecule has 4 rings (SSSR count). The Morgan fingerprint density at radius 2 is 1.81 bits per heavy atom. The molecule has 1 aliphatic rings. The van der Waals surface area contributed by atoms with Crippen LogP contribution in [0, 0.1) is 11.3 Å². The van der Waals surface area contributed by atoms with Crippen LogP contribution in [-0.2, 0) is 9.59 Å². The van der Waals surface area contributed by atoms with Crippen LogP contribution in [0.15, 0.2) is 72.9 Å². The summed E-state index contributed by atoms with van der Waals surface area (Å²) in [4.78, 5) is 33.9. The fourth-order valence-electron chi connectivity index (χ4n) is 4.50. The summed E-state index contributed by atoms with van der Waals surface area (Å²) in [6.07, 6.45) is 1.70. The Morgan fingerprint density at radius 1 is 1.08 bits per heavy atom. The highest BCUT2D eigenvalue weighted by molar-refractivity contribution is 5.95. The molecule has 37 heavy (non-hydrogen) atoms. The van der Waals surface area contributed by atoms with Gasteiger partial charge in [0.05, 0.1) is 23.5 Å². The second-order valence-corrected chi connectivity index (χ2v) is 9.41. The summed E-state index contributed by atoms with van der Waals surface area (Å²) in [5.74, 6) is 0.458. The zero-order chi connectivity index (χ0) is 26.4. The number of hydrogen-bond acceptors (Lipinski definition) is 6. The summed E-state index contributed by atoms with van der Waals surface area (Å²) in [6.45, 7) is 5.93.